The number of hydrogen-bond acceptors (Lipinski definition) is 8. The molecule has 2 aliphatic heterocycles. The number of ether oxygens (including phenoxy) is 3. The lowest BCUT2D eigenvalue weighted by atomic mass is 10.0. The maximum atomic E-state index is 12.6. The van der Waals surface area contributed by atoms with Gasteiger partial charge in [0.1, 0.15) is 23.5 Å². The highest BCUT2D eigenvalue weighted by atomic mass is 16.5. The zero-order chi connectivity index (χ0) is 22.7. The van der Waals surface area contributed by atoms with Gasteiger partial charge in [-0.15, -0.1) is 0 Å². The molecule has 0 amide bonds. The van der Waals surface area contributed by atoms with Gasteiger partial charge in [-0.3, -0.25) is 4.99 Å². The highest BCUT2D eigenvalue weighted by Gasteiger charge is 2.27. The number of carbonyl (C=O) groups excluding carboxylic acids is 1. The first-order valence-corrected chi connectivity index (χ1v) is 11.1. The summed E-state index contributed by atoms with van der Waals surface area (Å²) < 4.78 is 18.3. The van der Waals surface area contributed by atoms with Gasteiger partial charge >= 0.3 is 5.97 Å². The van der Waals surface area contributed by atoms with E-state index in [0.717, 1.165) is 25.9 Å². The van der Waals surface area contributed by atoms with Crippen LogP contribution in [0.2, 0.25) is 0 Å². The molecule has 9 nitrogen and oxygen atoms in total. The van der Waals surface area contributed by atoms with E-state index in [1.165, 1.54) is 7.11 Å². The molecule has 32 heavy (non-hydrogen) atoms. The van der Waals surface area contributed by atoms with Gasteiger partial charge in [-0.25, -0.2) is 14.5 Å². The lowest BCUT2D eigenvalue weighted by molar-refractivity contribution is -0.0395. The van der Waals surface area contributed by atoms with Crippen LogP contribution in [0, 0.1) is 6.92 Å². The quantitative estimate of drug-likeness (QED) is 0.520. The Balaban J connectivity index is 1.75. The molecule has 172 valence electrons. The average molecular weight is 442 g/mol. The smallest absolute Gasteiger partial charge is 0.338 e. The highest BCUT2D eigenvalue weighted by Crippen LogP contribution is 2.26. The van der Waals surface area contributed by atoms with Crippen molar-refractivity contribution in [3.8, 4) is 0 Å². The first kappa shape index (κ1) is 22.4. The molecule has 0 saturated carbocycles. The lowest BCUT2D eigenvalue weighted by Gasteiger charge is -2.34. The Hall–Kier alpha value is -2.78. The van der Waals surface area contributed by atoms with Crippen LogP contribution in [-0.2, 0) is 14.2 Å². The van der Waals surface area contributed by atoms with E-state index in [9.17, 15) is 4.79 Å². The number of pyridine rings is 1. The summed E-state index contributed by atoms with van der Waals surface area (Å²) in [5.74, 6) is 0.308. The summed E-state index contributed by atoms with van der Waals surface area (Å²) in [6, 6.07) is 3.86. The van der Waals surface area contributed by atoms with Crippen molar-refractivity contribution < 1.29 is 19.0 Å². The number of aliphatic imine (C=N–C) groups is 1. The van der Waals surface area contributed by atoms with Crippen LogP contribution in [0.1, 0.15) is 59.7 Å². The molecule has 1 unspecified atom stereocenters. The Morgan fingerprint density at radius 2 is 2.16 bits per heavy atom. The van der Waals surface area contributed by atoms with E-state index in [1.807, 2.05) is 23.9 Å². The maximum Gasteiger partial charge on any atom is 0.338 e. The van der Waals surface area contributed by atoms with Gasteiger partial charge < -0.3 is 19.1 Å². The van der Waals surface area contributed by atoms with Crippen molar-refractivity contribution in [3.05, 3.63) is 40.8 Å². The van der Waals surface area contributed by atoms with Gasteiger partial charge in [0.05, 0.1) is 37.6 Å². The van der Waals surface area contributed by atoms with Gasteiger partial charge in [-0.1, -0.05) is 0 Å². The largest absolute Gasteiger partial charge is 0.465 e. The lowest BCUT2D eigenvalue weighted by Crippen LogP contribution is -2.44. The van der Waals surface area contributed by atoms with Crippen LogP contribution < -0.4 is 4.90 Å². The van der Waals surface area contributed by atoms with Crippen LogP contribution in [0.15, 0.2) is 23.3 Å². The molecule has 0 spiro atoms. The van der Waals surface area contributed by atoms with Gasteiger partial charge in [0, 0.05) is 26.4 Å². The molecule has 2 aromatic rings. The number of morpholine rings is 1. The Bertz CT molecular complexity index is 996. The normalized spacial score (nSPS) is 22.1. The van der Waals surface area contributed by atoms with Crippen LogP contribution in [0.5, 0.6) is 0 Å². The van der Waals surface area contributed by atoms with Gasteiger partial charge in [-0.2, -0.15) is 5.10 Å². The molecule has 2 aliphatic rings. The molecular formula is C23H31N5O4. The predicted molar refractivity (Wildman–Crippen MR) is 121 cm³/mol. The standard InChI is InChI=1S/C23H31N5O4/c1-15-14-31-12-10-27(15)19-13-17(23(29)30-4)16(2)21(25-19)22(24-3)18-8-9-28(26-18)20-7-5-6-11-32-20/h8-9,13,15,20H,5-7,10-12,14H2,1-4H3/t15-,20?/m1/s1. The number of aromatic nitrogens is 3. The molecular weight excluding hydrogens is 410 g/mol. The van der Waals surface area contributed by atoms with Gasteiger partial charge in [-0.05, 0) is 50.8 Å². The van der Waals surface area contributed by atoms with Crippen LogP contribution in [-0.4, -0.2) is 73.0 Å². The van der Waals surface area contributed by atoms with Crippen molar-refractivity contribution in [2.24, 2.45) is 4.99 Å². The summed E-state index contributed by atoms with van der Waals surface area (Å²) >= 11 is 0. The van der Waals surface area contributed by atoms with E-state index in [2.05, 4.69) is 16.8 Å². The van der Waals surface area contributed by atoms with E-state index >= 15 is 0 Å². The maximum absolute atomic E-state index is 12.6. The Kier molecular flexibility index (Phi) is 6.86. The zero-order valence-corrected chi connectivity index (χ0v) is 19.2. The van der Waals surface area contributed by atoms with E-state index in [0.29, 0.717) is 53.8 Å². The SMILES string of the molecule is CN=C(c1ccn(C2CCCCO2)n1)c1nc(N2CCOC[C@H]2C)cc(C(=O)OC)c1C. The highest BCUT2D eigenvalue weighted by molar-refractivity contribution is 6.12. The Labute approximate surface area is 188 Å². The molecule has 0 bridgehead atoms. The van der Waals surface area contributed by atoms with Crippen molar-refractivity contribution in [1.29, 1.82) is 0 Å². The Morgan fingerprint density at radius 3 is 2.84 bits per heavy atom. The molecule has 2 fully saturated rings. The molecule has 4 heterocycles. The minimum absolute atomic E-state index is 0.0594. The van der Waals surface area contributed by atoms with Crippen LogP contribution in [0.4, 0.5) is 5.82 Å². The summed E-state index contributed by atoms with van der Waals surface area (Å²) in [6.07, 6.45) is 5.00. The average Bonchev–Trinajstić information content (AvgIpc) is 3.31. The number of methoxy groups -OCH3 is 1. The van der Waals surface area contributed by atoms with Gasteiger partial charge in [0.15, 0.2) is 0 Å². The van der Waals surface area contributed by atoms with Crippen LogP contribution in [0.3, 0.4) is 0 Å². The van der Waals surface area contributed by atoms with Crippen molar-refractivity contribution in [3.63, 3.8) is 0 Å². The van der Waals surface area contributed by atoms with Gasteiger partial charge in [0.25, 0.3) is 0 Å². The van der Waals surface area contributed by atoms with E-state index in [1.54, 1.807) is 13.1 Å². The fraction of sp³-hybridized carbons (Fsp3) is 0.565. The molecule has 2 atom stereocenters. The monoisotopic (exact) mass is 441 g/mol. The topological polar surface area (TPSA) is 91.1 Å². The number of anilines is 1. The van der Waals surface area contributed by atoms with Crippen molar-refractivity contribution >= 4 is 17.5 Å². The second kappa shape index (κ2) is 9.79. The number of esters is 1. The summed E-state index contributed by atoms with van der Waals surface area (Å²) in [5.41, 5.74) is 3.14. The number of hydrogen-bond donors (Lipinski definition) is 0. The van der Waals surface area contributed by atoms with E-state index in [-0.39, 0.29) is 12.3 Å². The van der Waals surface area contributed by atoms with Crippen molar-refractivity contribution in [2.45, 2.75) is 45.4 Å². The summed E-state index contributed by atoms with van der Waals surface area (Å²) in [7, 11) is 3.11. The van der Waals surface area contributed by atoms with Crippen LogP contribution >= 0.6 is 0 Å². The third kappa shape index (κ3) is 4.40. The minimum Gasteiger partial charge on any atom is -0.465 e. The third-order valence-corrected chi connectivity index (χ3v) is 6.08. The number of rotatable bonds is 5. The minimum atomic E-state index is -0.398. The molecule has 0 aromatic carbocycles. The van der Waals surface area contributed by atoms with Crippen molar-refractivity contribution in [1.82, 2.24) is 14.8 Å². The fourth-order valence-corrected chi connectivity index (χ4v) is 4.26. The zero-order valence-electron chi connectivity index (χ0n) is 19.2. The Morgan fingerprint density at radius 1 is 1.31 bits per heavy atom. The first-order valence-electron chi connectivity index (χ1n) is 11.1. The molecule has 2 saturated heterocycles. The molecule has 0 radical (unpaired) electrons. The van der Waals surface area contributed by atoms with Gasteiger partial charge in [0.2, 0.25) is 0 Å². The number of carbonyl (C=O) groups is 1. The van der Waals surface area contributed by atoms with Crippen LogP contribution in [0.25, 0.3) is 0 Å². The molecule has 0 aliphatic carbocycles. The first-order chi connectivity index (χ1) is 15.5. The second-order valence-electron chi connectivity index (χ2n) is 8.18. The summed E-state index contributed by atoms with van der Waals surface area (Å²) in [4.78, 5) is 24.2. The van der Waals surface area contributed by atoms with E-state index in [4.69, 9.17) is 24.3 Å². The summed E-state index contributed by atoms with van der Waals surface area (Å²) in [6.45, 7) is 6.62. The molecule has 4 rings (SSSR count). The van der Waals surface area contributed by atoms with Crippen molar-refractivity contribution in [2.75, 3.05) is 45.4 Å². The second-order valence-corrected chi connectivity index (χ2v) is 8.18. The summed E-state index contributed by atoms with van der Waals surface area (Å²) in [5, 5.41) is 4.75. The number of nitrogens with zero attached hydrogens (tertiary/aromatic N) is 5. The fourth-order valence-electron chi connectivity index (χ4n) is 4.26. The molecule has 2 aromatic heterocycles. The third-order valence-electron chi connectivity index (χ3n) is 6.08. The predicted octanol–water partition coefficient (Wildman–Crippen LogP) is 2.76. The molecule has 9 heteroatoms. The van der Waals surface area contributed by atoms with E-state index < -0.39 is 5.97 Å². The molecule has 0 N–H and O–H groups in total.